The van der Waals surface area contributed by atoms with Crippen molar-refractivity contribution < 1.29 is 14.5 Å². The first-order valence-electron chi connectivity index (χ1n) is 10.4. The quantitative estimate of drug-likeness (QED) is 0.488. The standard InChI is InChI=1S/C23H24N4O4/c28-22(8-4-7-17-5-2-1-3-6-17)25-11-13-26(14-12-25)23(29)20-16-24-21-10-9-18(27(30)31)15-19(20)21/h1-3,5-6,9-10,15-16,24H,4,7-8,11-14H2. The van der Waals surface area contributed by atoms with Crippen LogP contribution in [0.2, 0.25) is 0 Å². The fourth-order valence-electron chi connectivity index (χ4n) is 3.97. The van der Waals surface area contributed by atoms with Crippen LogP contribution in [0, 0.1) is 10.1 Å². The molecular formula is C23H24N4O4. The second kappa shape index (κ2) is 8.99. The van der Waals surface area contributed by atoms with E-state index in [1.54, 1.807) is 17.2 Å². The molecule has 31 heavy (non-hydrogen) atoms. The number of piperazine rings is 1. The normalized spacial score (nSPS) is 14.1. The van der Waals surface area contributed by atoms with Crippen molar-refractivity contribution in [3.05, 3.63) is 76.0 Å². The van der Waals surface area contributed by atoms with E-state index in [0.717, 1.165) is 12.8 Å². The van der Waals surface area contributed by atoms with E-state index in [1.165, 1.54) is 17.7 Å². The van der Waals surface area contributed by atoms with E-state index in [9.17, 15) is 19.7 Å². The maximum atomic E-state index is 13.0. The van der Waals surface area contributed by atoms with Gasteiger partial charge in [-0.3, -0.25) is 19.7 Å². The number of hydrogen-bond donors (Lipinski definition) is 1. The molecule has 1 fully saturated rings. The fourth-order valence-corrected chi connectivity index (χ4v) is 3.97. The summed E-state index contributed by atoms with van der Waals surface area (Å²) >= 11 is 0. The van der Waals surface area contributed by atoms with Gasteiger partial charge in [0.25, 0.3) is 11.6 Å². The molecule has 1 aromatic heterocycles. The van der Waals surface area contributed by atoms with Crippen LogP contribution in [0.25, 0.3) is 10.9 Å². The lowest BCUT2D eigenvalue weighted by Gasteiger charge is -2.34. The Morgan fingerprint density at radius 1 is 1.00 bits per heavy atom. The molecule has 0 spiro atoms. The maximum Gasteiger partial charge on any atom is 0.270 e. The number of non-ortho nitro benzene ring substituents is 1. The molecule has 8 heteroatoms. The van der Waals surface area contributed by atoms with Crippen LogP contribution in [0.4, 0.5) is 5.69 Å². The number of hydrogen-bond acceptors (Lipinski definition) is 4. The number of nitrogens with one attached hydrogen (secondary N) is 1. The van der Waals surface area contributed by atoms with Gasteiger partial charge in [-0.2, -0.15) is 0 Å². The molecule has 0 unspecified atom stereocenters. The molecule has 0 aliphatic carbocycles. The Morgan fingerprint density at radius 2 is 1.71 bits per heavy atom. The summed E-state index contributed by atoms with van der Waals surface area (Å²) < 4.78 is 0. The van der Waals surface area contributed by atoms with Crippen molar-refractivity contribution >= 4 is 28.4 Å². The number of amides is 2. The largest absolute Gasteiger partial charge is 0.360 e. The van der Waals surface area contributed by atoms with Crippen molar-refractivity contribution in [3.63, 3.8) is 0 Å². The summed E-state index contributed by atoms with van der Waals surface area (Å²) in [6, 6.07) is 14.5. The number of rotatable bonds is 6. The highest BCUT2D eigenvalue weighted by Crippen LogP contribution is 2.25. The van der Waals surface area contributed by atoms with Crippen molar-refractivity contribution in [2.45, 2.75) is 19.3 Å². The summed E-state index contributed by atoms with van der Waals surface area (Å²) in [6.45, 7) is 1.90. The van der Waals surface area contributed by atoms with Crippen molar-refractivity contribution in [1.82, 2.24) is 14.8 Å². The first-order chi connectivity index (χ1) is 15.0. The molecule has 1 N–H and O–H groups in total. The van der Waals surface area contributed by atoms with Gasteiger partial charge in [-0.05, 0) is 24.5 Å². The highest BCUT2D eigenvalue weighted by Gasteiger charge is 2.26. The van der Waals surface area contributed by atoms with Gasteiger partial charge in [-0.25, -0.2) is 0 Å². The monoisotopic (exact) mass is 420 g/mol. The second-order valence-corrected chi connectivity index (χ2v) is 7.70. The number of aryl methyl sites for hydroxylation is 1. The molecule has 1 aliphatic heterocycles. The first kappa shape index (κ1) is 20.6. The number of aromatic amines is 1. The van der Waals surface area contributed by atoms with Crippen LogP contribution in [0.5, 0.6) is 0 Å². The average Bonchev–Trinajstić information content (AvgIpc) is 3.22. The van der Waals surface area contributed by atoms with E-state index >= 15 is 0 Å². The molecule has 1 aliphatic rings. The number of fused-ring (bicyclic) bond motifs is 1. The minimum Gasteiger partial charge on any atom is -0.360 e. The van der Waals surface area contributed by atoms with Gasteiger partial charge in [0.05, 0.1) is 10.5 Å². The van der Waals surface area contributed by atoms with Crippen molar-refractivity contribution in [3.8, 4) is 0 Å². The molecular weight excluding hydrogens is 396 g/mol. The number of benzene rings is 2. The van der Waals surface area contributed by atoms with Gasteiger partial charge in [0, 0.05) is 61.8 Å². The van der Waals surface area contributed by atoms with Gasteiger partial charge in [-0.15, -0.1) is 0 Å². The Kier molecular flexibility index (Phi) is 5.97. The predicted molar refractivity (Wildman–Crippen MR) is 117 cm³/mol. The SMILES string of the molecule is O=C(CCCc1ccccc1)N1CCN(C(=O)c2c[nH]c3ccc([N+](=O)[O-])cc23)CC1. The Balaban J connectivity index is 1.32. The van der Waals surface area contributed by atoms with E-state index in [1.807, 2.05) is 23.1 Å². The smallest absolute Gasteiger partial charge is 0.270 e. The summed E-state index contributed by atoms with van der Waals surface area (Å²) in [7, 11) is 0. The maximum absolute atomic E-state index is 13.0. The molecule has 4 rings (SSSR count). The summed E-state index contributed by atoms with van der Waals surface area (Å²) in [6.07, 6.45) is 3.76. The van der Waals surface area contributed by atoms with Crippen LogP contribution >= 0.6 is 0 Å². The molecule has 0 bridgehead atoms. The van der Waals surface area contributed by atoms with Crippen LogP contribution < -0.4 is 0 Å². The van der Waals surface area contributed by atoms with Crippen molar-refractivity contribution in [2.75, 3.05) is 26.2 Å². The molecule has 1 saturated heterocycles. The molecule has 0 atom stereocenters. The number of H-pyrrole nitrogens is 1. The van der Waals surface area contributed by atoms with E-state index in [0.29, 0.717) is 49.1 Å². The van der Waals surface area contributed by atoms with Crippen LogP contribution in [-0.4, -0.2) is 57.7 Å². The zero-order valence-corrected chi connectivity index (χ0v) is 17.1. The highest BCUT2D eigenvalue weighted by molar-refractivity contribution is 6.07. The van der Waals surface area contributed by atoms with Crippen LogP contribution in [-0.2, 0) is 11.2 Å². The number of carbonyl (C=O) groups excluding carboxylic acids is 2. The average molecular weight is 420 g/mol. The Labute approximate surface area is 179 Å². The zero-order chi connectivity index (χ0) is 21.8. The molecule has 8 nitrogen and oxygen atoms in total. The Morgan fingerprint density at radius 3 is 2.42 bits per heavy atom. The number of nitrogens with zero attached hydrogens (tertiary/aromatic N) is 3. The topological polar surface area (TPSA) is 99.6 Å². The molecule has 2 heterocycles. The van der Waals surface area contributed by atoms with Gasteiger partial charge in [0.15, 0.2) is 0 Å². The highest BCUT2D eigenvalue weighted by atomic mass is 16.6. The van der Waals surface area contributed by atoms with Gasteiger partial charge in [0.2, 0.25) is 5.91 Å². The third-order valence-corrected chi connectivity index (χ3v) is 5.73. The molecule has 2 aromatic carbocycles. The summed E-state index contributed by atoms with van der Waals surface area (Å²) in [5, 5.41) is 11.6. The van der Waals surface area contributed by atoms with Gasteiger partial charge in [0.1, 0.15) is 0 Å². The number of aromatic nitrogens is 1. The van der Waals surface area contributed by atoms with Gasteiger partial charge >= 0.3 is 0 Å². The van der Waals surface area contributed by atoms with Gasteiger partial charge in [-0.1, -0.05) is 30.3 Å². The van der Waals surface area contributed by atoms with E-state index in [2.05, 4.69) is 17.1 Å². The van der Waals surface area contributed by atoms with E-state index in [-0.39, 0.29) is 17.5 Å². The number of carbonyl (C=O) groups is 2. The molecule has 0 saturated carbocycles. The summed E-state index contributed by atoms with van der Waals surface area (Å²) in [4.78, 5) is 42.6. The lowest BCUT2D eigenvalue weighted by atomic mass is 10.1. The second-order valence-electron chi connectivity index (χ2n) is 7.70. The fraction of sp³-hybridized carbons (Fsp3) is 0.304. The van der Waals surface area contributed by atoms with Crippen LogP contribution in [0.3, 0.4) is 0 Å². The lowest BCUT2D eigenvalue weighted by Crippen LogP contribution is -2.50. The minimum absolute atomic E-state index is 0.0490. The minimum atomic E-state index is -0.469. The zero-order valence-electron chi connectivity index (χ0n) is 17.1. The number of nitro benzene ring substituents is 1. The number of nitro groups is 1. The van der Waals surface area contributed by atoms with Crippen LogP contribution in [0.15, 0.2) is 54.7 Å². The van der Waals surface area contributed by atoms with E-state index < -0.39 is 4.92 Å². The summed E-state index contributed by atoms with van der Waals surface area (Å²) in [5.41, 5.74) is 2.28. The Hall–Kier alpha value is -3.68. The Bertz CT molecular complexity index is 1100. The predicted octanol–water partition coefficient (Wildman–Crippen LogP) is 3.38. The first-order valence-corrected chi connectivity index (χ1v) is 10.4. The lowest BCUT2D eigenvalue weighted by molar-refractivity contribution is -0.384. The summed E-state index contributed by atoms with van der Waals surface area (Å²) in [5.74, 6) is -0.0614. The van der Waals surface area contributed by atoms with Crippen molar-refractivity contribution in [1.29, 1.82) is 0 Å². The third kappa shape index (κ3) is 4.58. The van der Waals surface area contributed by atoms with E-state index in [4.69, 9.17) is 0 Å². The molecule has 0 radical (unpaired) electrons. The van der Waals surface area contributed by atoms with Crippen LogP contribution in [0.1, 0.15) is 28.8 Å². The van der Waals surface area contributed by atoms with Crippen molar-refractivity contribution in [2.24, 2.45) is 0 Å². The third-order valence-electron chi connectivity index (χ3n) is 5.73. The molecule has 160 valence electrons. The molecule has 2 amide bonds. The molecule has 3 aromatic rings. The van der Waals surface area contributed by atoms with Gasteiger partial charge < -0.3 is 14.8 Å².